The molecule has 0 atom stereocenters. The number of carbonyl (C=O) groups is 1. The number of rotatable bonds is 6. The number of hydrogen-bond donors (Lipinski definition) is 1. The number of amides is 1. The molecule has 0 spiro atoms. The number of fused-ring (bicyclic) bond motifs is 1. The van der Waals surface area contributed by atoms with Crippen LogP contribution < -0.4 is 4.72 Å². The highest BCUT2D eigenvalue weighted by atomic mass is 35.5. The van der Waals surface area contributed by atoms with E-state index in [4.69, 9.17) is 23.2 Å². The summed E-state index contributed by atoms with van der Waals surface area (Å²) in [5.74, 6) is -1.25. The lowest BCUT2D eigenvalue weighted by molar-refractivity contribution is -0.114. The van der Waals surface area contributed by atoms with Crippen molar-refractivity contribution < 1.29 is 17.6 Å². The third-order valence-corrected chi connectivity index (χ3v) is 7.91. The summed E-state index contributed by atoms with van der Waals surface area (Å²) in [4.78, 5) is 12.4. The van der Waals surface area contributed by atoms with Crippen LogP contribution in [0.25, 0.3) is 17.0 Å². The molecule has 2 heterocycles. The zero-order chi connectivity index (χ0) is 24.5. The monoisotopic (exact) mass is 523 g/mol. The van der Waals surface area contributed by atoms with Crippen LogP contribution in [0.15, 0.2) is 42.6 Å². The number of aryl methyl sites for hydroxylation is 1. The Morgan fingerprint density at radius 1 is 1.15 bits per heavy atom. The van der Waals surface area contributed by atoms with Crippen LogP contribution in [-0.2, 0) is 21.5 Å². The molecule has 0 radical (unpaired) electrons. The largest absolute Gasteiger partial charge is 0.342 e. The lowest BCUT2D eigenvalue weighted by Gasteiger charge is -2.25. The van der Waals surface area contributed by atoms with Gasteiger partial charge >= 0.3 is 10.2 Å². The van der Waals surface area contributed by atoms with Crippen molar-refractivity contribution >= 4 is 56.3 Å². The minimum Gasteiger partial charge on any atom is -0.342 e. The molecule has 34 heavy (non-hydrogen) atoms. The van der Waals surface area contributed by atoms with Gasteiger partial charge in [-0.15, -0.1) is 0 Å². The van der Waals surface area contributed by atoms with Crippen molar-refractivity contribution in [1.82, 2.24) is 13.6 Å². The second-order valence-electron chi connectivity index (χ2n) is 8.33. The van der Waals surface area contributed by atoms with Crippen molar-refractivity contribution in [2.45, 2.75) is 32.7 Å². The molecule has 1 aliphatic rings. The fourth-order valence-electron chi connectivity index (χ4n) is 4.19. The molecule has 2 aromatic carbocycles. The van der Waals surface area contributed by atoms with Crippen molar-refractivity contribution in [3.63, 3.8) is 0 Å². The van der Waals surface area contributed by atoms with E-state index in [2.05, 4.69) is 4.72 Å². The molecule has 0 saturated carbocycles. The molecule has 0 bridgehead atoms. The van der Waals surface area contributed by atoms with Gasteiger partial charge in [-0.1, -0.05) is 35.7 Å². The summed E-state index contributed by atoms with van der Waals surface area (Å²) >= 11 is 12.3. The molecular formula is C24H24Cl2FN3O3S. The Bertz CT molecular complexity index is 1380. The van der Waals surface area contributed by atoms with Crippen molar-refractivity contribution in [2.75, 3.05) is 13.1 Å². The summed E-state index contributed by atoms with van der Waals surface area (Å²) in [6.07, 6.45) is 6.91. The number of benzene rings is 2. The van der Waals surface area contributed by atoms with Gasteiger partial charge in [0.2, 0.25) is 0 Å². The van der Waals surface area contributed by atoms with E-state index < -0.39 is 21.9 Å². The molecule has 180 valence electrons. The van der Waals surface area contributed by atoms with E-state index in [1.54, 1.807) is 12.1 Å². The number of nitrogens with zero attached hydrogens (tertiary/aromatic N) is 2. The van der Waals surface area contributed by atoms with E-state index in [0.29, 0.717) is 46.1 Å². The first-order valence-corrected chi connectivity index (χ1v) is 13.1. The second-order valence-corrected chi connectivity index (χ2v) is 10.8. The second kappa shape index (κ2) is 10.1. The van der Waals surface area contributed by atoms with Gasteiger partial charge in [0.05, 0.1) is 5.52 Å². The lowest BCUT2D eigenvalue weighted by atomic mass is 10.1. The van der Waals surface area contributed by atoms with Gasteiger partial charge in [-0.25, -0.2) is 9.11 Å². The molecular weight excluding hydrogens is 500 g/mol. The molecule has 0 aliphatic carbocycles. The predicted octanol–water partition coefficient (Wildman–Crippen LogP) is 5.30. The summed E-state index contributed by atoms with van der Waals surface area (Å²) < 4.78 is 44.6. The summed E-state index contributed by atoms with van der Waals surface area (Å²) in [6, 6.07) is 7.97. The Hall–Kier alpha value is -2.39. The van der Waals surface area contributed by atoms with Gasteiger partial charge in [0.1, 0.15) is 5.82 Å². The van der Waals surface area contributed by atoms with Crippen molar-refractivity contribution in [1.29, 1.82) is 0 Å². The van der Waals surface area contributed by atoms with E-state index in [9.17, 15) is 17.6 Å². The minimum absolute atomic E-state index is 0.386. The Morgan fingerprint density at radius 3 is 2.59 bits per heavy atom. The van der Waals surface area contributed by atoms with Gasteiger partial charge in [0, 0.05) is 52.9 Å². The average molecular weight is 524 g/mol. The zero-order valence-corrected chi connectivity index (χ0v) is 20.9. The van der Waals surface area contributed by atoms with Crippen LogP contribution in [0.5, 0.6) is 0 Å². The summed E-state index contributed by atoms with van der Waals surface area (Å²) in [6.45, 7) is 3.04. The predicted molar refractivity (Wildman–Crippen MR) is 134 cm³/mol. The number of carbonyl (C=O) groups excluding carboxylic acids is 1. The summed E-state index contributed by atoms with van der Waals surface area (Å²) in [5.41, 5.74) is 2.82. The third-order valence-electron chi connectivity index (χ3n) is 5.82. The zero-order valence-electron chi connectivity index (χ0n) is 18.5. The first-order valence-electron chi connectivity index (χ1n) is 10.9. The SMILES string of the molecule is Cc1cn(Cc2ccc(Cl)cc2Cl)c2c(/C=C/C(=O)NS(=O)(=O)N3CCCCC3)cc(F)cc12. The van der Waals surface area contributed by atoms with Gasteiger partial charge in [0.15, 0.2) is 0 Å². The van der Waals surface area contributed by atoms with Crippen LogP contribution in [0.2, 0.25) is 10.0 Å². The molecule has 1 amide bonds. The standard InChI is InChI=1S/C24H24Cl2FN3O3S/c1-16-14-29(15-18-5-7-19(25)12-22(18)26)24-17(11-20(27)13-21(16)24)6-8-23(31)28-34(32,33)30-9-3-2-4-10-30/h5-8,11-14H,2-4,9-10,15H2,1H3,(H,28,31)/b8-6+. The van der Waals surface area contributed by atoms with Crippen LogP contribution in [0, 0.1) is 12.7 Å². The topological polar surface area (TPSA) is 71.4 Å². The number of aromatic nitrogens is 1. The van der Waals surface area contributed by atoms with Gasteiger partial charge in [-0.05, 0) is 61.2 Å². The molecule has 0 unspecified atom stereocenters. The van der Waals surface area contributed by atoms with E-state index in [-0.39, 0.29) is 0 Å². The maximum atomic E-state index is 14.4. The molecule has 1 saturated heterocycles. The lowest BCUT2D eigenvalue weighted by Crippen LogP contribution is -2.45. The van der Waals surface area contributed by atoms with Crippen LogP contribution in [-0.4, -0.2) is 36.3 Å². The van der Waals surface area contributed by atoms with Crippen LogP contribution in [0.4, 0.5) is 4.39 Å². The molecule has 10 heteroatoms. The van der Waals surface area contributed by atoms with Gasteiger partial charge in [-0.3, -0.25) is 4.79 Å². The molecule has 1 aromatic heterocycles. The highest BCUT2D eigenvalue weighted by Gasteiger charge is 2.25. The first-order chi connectivity index (χ1) is 16.1. The Kier molecular flexibility index (Phi) is 7.33. The van der Waals surface area contributed by atoms with Crippen LogP contribution >= 0.6 is 23.2 Å². The molecule has 6 nitrogen and oxygen atoms in total. The van der Waals surface area contributed by atoms with E-state index in [1.165, 1.54) is 22.5 Å². The minimum atomic E-state index is -3.91. The molecule has 3 aromatic rings. The fraction of sp³-hybridized carbons (Fsp3) is 0.292. The van der Waals surface area contributed by atoms with E-state index in [0.717, 1.165) is 36.5 Å². The highest BCUT2D eigenvalue weighted by molar-refractivity contribution is 7.87. The van der Waals surface area contributed by atoms with Crippen molar-refractivity contribution in [2.24, 2.45) is 0 Å². The highest BCUT2D eigenvalue weighted by Crippen LogP contribution is 2.29. The number of nitrogens with one attached hydrogen (secondary N) is 1. The molecule has 4 rings (SSSR count). The van der Waals surface area contributed by atoms with Crippen LogP contribution in [0.3, 0.4) is 0 Å². The van der Waals surface area contributed by atoms with E-state index >= 15 is 0 Å². The maximum absolute atomic E-state index is 14.4. The quantitative estimate of drug-likeness (QED) is 0.445. The van der Waals surface area contributed by atoms with Gasteiger partial charge < -0.3 is 4.57 Å². The maximum Gasteiger partial charge on any atom is 0.304 e. The number of hydrogen-bond acceptors (Lipinski definition) is 3. The average Bonchev–Trinajstić information content (AvgIpc) is 3.09. The van der Waals surface area contributed by atoms with Crippen LogP contribution in [0.1, 0.15) is 36.0 Å². The van der Waals surface area contributed by atoms with Crippen molar-refractivity contribution in [3.8, 4) is 0 Å². The Balaban J connectivity index is 1.64. The summed E-state index contributed by atoms with van der Waals surface area (Å²) in [7, 11) is -3.91. The number of halogens is 3. The number of piperidine rings is 1. The van der Waals surface area contributed by atoms with Gasteiger partial charge in [-0.2, -0.15) is 12.7 Å². The Morgan fingerprint density at radius 2 is 1.88 bits per heavy atom. The van der Waals surface area contributed by atoms with Gasteiger partial charge in [0.25, 0.3) is 5.91 Å². The smallest absolute Gasteiger partial charge is 0.304 e. The normalized spacial score (nSPS) is 15.3. The Labute approximate surface area is 208 Å². The fourth-order valence-corrected chi connectivity index (χ4v) is 5.85. The third kappa shape index (κ3) is 5.46. The van der Waals surface area contributed by atoms with E-state index in [1.807, 2.05) is 23.8 Å². The molecule has 1 aliphatic heterocycles. The van der Waals surface area contributed by atoms with Crippen molar-refractivity contribution in [3.05, 3.63) is 75.2 Å². The summed E-state index contributed by atoms with van der Waals surface area (Å²) in [5, 5.41) is 1.72. The first kappa shape index (κ1) is 24.7. The molecule has 1 fully saturated rings. The molecule has 1 N–H and O–H groups in total.